The summed E-state index contributed by atoms with van der Waals surface area (Å²) in [7, 11) is 1.37. The van der Waals surface area contributed by atoms with Gasteiger partial charge in [0, 0.05) is 5.92 Å². The fraction of sp³-hybridized carbons (Fsp3) is 0.263. The van der Waals surface area contributed by atoms with Crippen molar-refractivity contribution in [1.29, 1.82) is 5.26 Å². The molecule has 0 aliphatic carbocycles. The molecule has 2 aromatic carbocycles. The molecule has 112 valence electrons. The molecule has 3 nitrogen and oxygen atoms in total. The number of esters is 1. The van der Waals surface area contributed by atoms with Gasteiger partial charge in [-0.2, -0.15) is 5.26 Å². The summed E-state index contributed by atoms with van der Waals surface area (Å²) in [6.07, 6.45) is 0.166. The summed E-state index contributed by atoms with van der Waals surface area (Å²) in [5, 5.41) is 9.85. The topological polar surface area (TPSA) is 50.1 Å². The van der Waals surface area contributed by atoms with E-state index in [0.29, 0.717) is 0 Å². The number of hydrogen-bond donors (Lipinski definition) is 0. The first kappa shape index (κ1) is 15.8. The summed E-state index contributed by atoms with van der Waals surface area (Å²) in [5.41, 5.74) is 1.05. The Morgan fingerprint density at radius 2 is 1.68 bits per heavy atom. The Morgan fingerprint density at radius 1 is 1.14 bits per heavy atom. The van der Waals surface area contributed by atoms with Gasteiger partial charge in [-0.1, -0.05) is 60.7 Å². The highest BCUT2D eigenvalue weighted by atomic mass is 16.5. The predicted molar refractivity (Wildman–Crippen MR) is 85.2 cm³/mol. The lowest BCUT2D eigenvalue weighted by molar-refractivity contribution is -0.141. The predicted octanol–water partition coefficient (Wildman–Crippen LogP) is 3.81. The molecule has 0 aromatic heterocycles. The molecule has 0 fully saturated rings. The summed E-state index contributed by atoms with van der Waals surface area (Å²) in [5.74, 6) is -0.584. The van der Waals surface area contributed by atoms with Gasteiger partial charge in [-0.05, 0) is 18.1 Å². The normalized spacial score (nSPS) is 14.4. The van der Waals surface area contributed by atoms with E-state index in [1.807, 2.05) is 67.6 Å². The molecule has 2 aromatic rings. The maximum Gasteiger partial charge on any atom is 0.306 e. The average molecular weight is 293 g/mol. The molecule has 0 N–H and O–H groups in total. The number of ether oxygens (including phenoxy) is 1. The first-order valence-electron chi connectivity index (χ1n) is 7.20. The Balaban J connectivity index is 2.51. The molecule has 0 radical (unpaired) electrons. The van der Waals surface area contributed by atoms with Crippen LogP contribution in [0.3, 0.4) is 0 Å². The highest BCUT2D eigenvalue weighted by Gasteiger charge is 2.38. The summed E-state index contributed by atoms with van der Waals surface area (Å²) in [6.45, 7) is 1.88. The number of rotatable bonds is 5. The van der Waals surface area contributed by atoms with Gasteiger partial charge in [0.2, 0.25) is 0 Å². The van der Waals surface area contributed by atoms with Crippen molar-refractivity contribution in [3.63, 3.8) is 0 Å². The lowest BCUT2D eigenvalue weighted by atomic mass is 9.68. The minimum atomic E-state index is -0.809. The lowest BCUT2D eigenvalue weighted by Crippen LogP contribution is -2.31. The number of carbonyl (C=O) groups is 1. The zero-order valence-corrected chi connectivity index (χ0v) is 12.8. The number of benzene rings is 2. The highest BCUT2D eigenvalue weighted by Crippen LogP contribution is 2.41. The quantitative estimate of drug-likeness (QED) is 0.787. The van der Waals surface area contributed by atoms with Crippen molar-refractivity contribution in [3.8, 4) is 6.07 Å². The van der Waals surface area contributed by atoms with E-state index in [0.717, 1.165) is 11.1 Å². The number of hydrogen-bond acceptors (Lipinski definition) is 3. The summed E-state index contributed by atoms with van der Waals surface area (Å²) in [6, 6.07) is 21.7. The van der Waals surface area contributed by atoms with Crippen molar-refractivity contribution in [3.05, 3.63) is 71.8 Å². The zero-order chi connectivity index (χ0) is 16.0. The summed E-state index contributed by atoms with van der Waals surface area (Å²) >= 11 is 0. The van der Waals surface area contributed by atoms with Gasteiger partial charge >= 0.3 is 5.97 Å². The van der Waals surface area contributed by atoms with E-state index in [4.69, 9.17) is 4.74 Å². The second kappa shape index (κ2) is 6.91. The van der Waals surface area contributed by atoms with Crippen LogP contribution in [0.1, 0.15) is 30.4 Å². The van der Waals surface area contributed by atoms with Crippen LogP contribution in [0.4, 0.5) is 0 Å². The van der Waals surface area contributed by atoms with Gasteiger partial charge in [-0.25, -0.2) is 0 Å². The molecule has 0 saturated heterocycles. The van der Waals surface area contributed by atoms with E-state index in [1.54, 1.807) is 0 Å². The van der Waals surface area contributed by atoms with E-state index in [1.165, 1.54) is 7.11 Å². The highest BCUT2D eigenvalue weighted by molar-refractivity contribution is 5.71. The molecule has 22 heavy (non-hydrogen) atoms. The van der Waals surface area contributed by atoms with Gasteiger partial charge < -0.3 is 4.74 Å². The average Bonchev–Trinajstić information content (AvgIpc) is 2.60. The maximum absolute atomic E-state index is 11.9. The third kappa shape index (κ3) is 3.17. The van der Waals surface area contributed by atoms with E-state index >= 15 is 0 Å². The molecule has 2 atom stereocenters. The molecule has 0 heterocycles. The second-order valence-electron chi connectivity index (χ2n) is 5.42. The second-order valence-corrected chi connectivity index (χ2v) is 5.42. The zero-order valence-electron chi connectivity index (χ0n) is 12.8. The van der Waals surface area contributed by atoms with Crippen molar-refractivity contribution >= 4 is 5.97 Å². The third-order valence-corrected chi connectivity index (χ3v) is 4.10. The van der Waals surface area contributed by atoms with Crippen LogP contribution >= 0.6 is 0 Å². The van der Waals surface area contributed by atoms with Crippen LogP contribution in [0.5, 0.6) is 0 Å². The van der Waals surface area contributed by atoms with Gasteiger partial charge in [0.05, 0.1) is 25.0 Å². The number of nitrogens with zero attached hydrogens (tertiary/aromatic N) is 1. The molecule has 0 saturated carbocycles. The fourth-order valence-corrected chi connectivity index (χ4v) is 2.72. The first-order valence-corrected chi connectivity index (χ1v) is 7.20. The lowest BCUT2D eigenvalue weighted by Gasteiger charge is -2.32. The molecule has 0 amide bonds. The summed E-state index contributed by atoms with van der Waals surface area (Å²) < 4.78 is 4.83. The Bertz CT molecular complexity index is 661. The van der Waals surface area contributed by atoms with Crippen molar-refractivity contribution in [2.45, 2.75) is 24.7 Å². The van der Waals surface area contributed by atoms with Gasteiger partial charge in [-0.15, -0.1) is 0 Å². The Hall–Kier alpha value is -2.60. The van der Waals surface area contributed by atoms with Gasteiger partial charge in [-0.3, -0.25) is 4.79 Å². The molecule has 0 unspecified atom stereocenters. The largest absolute Gasteiger partial charge is 0.469 e. The number of methoxy groups -OCH3 is 1. The minimum absolute atomic E-state index is 0.166. The fourth-order valence-electron chi connectivity index (χ4n) is 2.72. The molecule has 2 rings (SSSR count). The van der Waals surface area contributed by atoms with E-state index in [9.17, 15) is 10.1 Å². The van der Waals surface area contributed by atoms with E-state index in [-0.39, 0.29) is 18.3 Å². The van der Waals surface area contributed by atoms with Crippen LogP contribution in [-0.4, -0.2) is 13.1 Å². The Labute approximate surface area is 131 Å². The third-order valence-electron chi connectivity index (χ3n) is 4.10. The maximum atomic E-state index is 11.9. The molecule has 0 bridgehead atoms. The van der Waals surface area contributed by atoms with Crippen molar-refractivity contribution < 1.29 is 9.53 Å². The Kier molecular flexibility index (Phi) is 4.95. The molecule has 0 aliphatic rings. The molecule has 0 spiro atoms. The van der Waals surface area contributed by atoms with Crippen LogP contribution in [0.2, 0.25) is 0 Å². The number of carbonyl (C=O) groups excluding carboxylic acids is 1. The SMILES string of the molecule is COC(=O)C[C@H](c1ccccc1)[C@@](C)(C#N)c1ccccc1. The van der Waals surface area contributed by atoms with Crippen LogP contribution < -0.4 is 0 Å². The van der Waals surface area contributed by atoms with E-state index in [2.05, 4.69) is 6.07 Å². The standard InChI is InChI=1S/C19H19NO2/c1-19(14-20,16-11-7-4-8-12-16)17(13-18(21)22-2)15-9-5-3-6-10-15/h3-12,17H,13H2,1-2H3/t17-,19+/m1/s1. The monoisotopic (exact) mass is 293 g/mol. The Morgan fingerprint density at radius 3 is 2.18 bits per heavy atom. The van der Waals surface area contributed by atoms with Crippen LogP contribution in [0, 0.1) is 11.3 Å². The van der Waals surface area contributed by atoms with Gasteiger partial charge in [0.25, 0.3) is 0 Å². The first-order chi connectivity index (χ1) is 10.6. The van der Waals surface area contributed by atoms with Crippen LogP contribution in [0.15, 0.2) is 60.7 Å². The van der Waals surface area contributed by atoms with Gasteiger partial charge in [0.15, 0.2) is 0 Å². The smallest absolute Gasteiger partial charge is 0.306 e. The van der Waals surface area contributed by atoms with Crippen molar-refractivity contribution in [2.75, 3.05) is 7.11 Å². The van der Waals surface area contributed by atoms with Crippen LogP contribution in [-0.2, 0) is 14.9 Å². The summed E-state index contributed by atoms with van der Waals surface area (Å²) in [4.78, 5) is 11.9. The molecular weight excluding hydrogens is 274 g/mol. The minimum Gasteiger partial charge on any atom is -0.469 e. The molecule has 3 heteroatoms. The molecule has 0 aliphatic heterocycles. The van der Waals surface area contributed by atoms with Gasteiger partial charge in [0.1, 0.15) is 0 Å². The van der Waals surface area contributed by atoms with E-state index < -0.39 is 5.41 Å². The molecular formula is C19H19NO2. The number of nitriles is 1. The van der Waals surface area contributed by atoms with Crippen molar-refractivity contribution in [1.82, 2.24) is 0 Å². The van der Waals surface area contributed by atoms with Crippen molar-refractivity contribution in [2.24, 2.45) is 0 Å². The van der Waals surface area contributed by atoms with Crippen LogP contribution in [0.25, 0.3) is 0 Å².